The number of aryl methyl sites for hydroxylation is 1. The predicted octanol–water partition coefficient (Wildman–Crippen LogP) is 13.2. The lowest BCUT2D eigenvalue weighted by atomic mass is 9.36. The van der Waals surface area contributed by atoms with Gasteiger partial charge in [-0.1, -0.05) is 133 Å². The molecule has 5 aliphatic heterocycles. The molecule has 64 heavy (non-hydrogen) atoms. The SMILES string of the molecule is Cc1cc2c3c(c1)N(c1ccc(C(C)(C)C)cc1)c1cc4c(cc1B3C1=C(CC3(O1)c1ccccc1-c1ccccc13)C(c1ccc(C(C)(C)C)cc1)=C2)OC1(C)CC(C)(C)OC41C. The largest absolute Gasteiger partial charge is 0.491 e. The number of hydrogen-bond acceptors (Lipinski definition) is 4. The van der Waals surface area contributed by atoms with Crippen LogP contribution in [0.3, 0.4) is 0 Å². The van der Waals surface area contributed by atoms with E-state index in [2.05, 4.69) is 208 Å². The number of allylic oxidation sites excluding steroid dienone is 1. The molecule has 0 saturated carbocycles. The van der Waals surface area contributed by atoms with Gasteiger partial charge in [0.05, 0.1) is 11.3 Å². The minimum Gasteiger partial charge on any atom is -0.491 e. The zero-order valence-electron chi connectivity index (χ0n) is 39.3. The molecule has 0 N–H and O–H groups in total. The molecule has 1 spiro atoms. The molecule has 6 aliphatic rings. The molecule has 12 rings (SSSR count). The lowest BCUT2D eigenvalue weighted by Gasteiger charge is -2.39. The smallest absolute Gasteiger partial charge is 0.292 e. The van der Waals surface area contributed by atoms with Gasteiger partial charge < -0.3 is 19.1 Å². The van der Waals surface area contributed by atoms with E-state index in [0.29, 0.717) is 0 Å². The highest BCUT2D eigenvalue weighted by molar-refractivity contribution is 6.94. The minimum absolute atomic E-state index is 0.0239. The van der Waals surface area contributed by atoms with Crippen molar-refractivity contribution >= 4 is 46.3 Å². The maximum Gasteiger partial charge on any atom is 0.292 e. The first-order valence-corrected chi connectivity index (χ1v) is 23.4. The topological polar surface area (TPSA) is 30.9 Å². The first-order valence-electron chi connectivity index (χ1n) is 23.4. The molecule has 320 valence electrons. The fraction of sp³-hybridized carbons (Fsp3) is 0.322. The molecule has 0 amide bonds. The normalized spacial score (nSPS) is 22.7. The Hall–Kier alpha value is -5.78. The van der Waals surface area contributed by atoms with Crippen molar-refractivity contribution in [2.75, 3.05) is 4.90 Å². The number of hydrogen-bond donors (Lipinski definition) is 0. The van der Waals surface area contributed by atoms with Crippen LogP contribution >= 0.6 is 0 Å². The van der Waals surface area contributed by atoms with E-state index >= 15 is 0 Å². The summed E-state index contributed by atoms with van der Waals surface area (Å²) in [5, 5.41) is 0. The third-order valence-electron chi connectivity index (χ3n) is 15.6. The van der Waals surface area contributed by atoms with Crippen LogP contribution in [0.1, 0.15) is 127 Å². The maximum absolute atomic E-state index is 8.02. The molecule has 0 aromatic heterocycles. The molecule has 4 nitrogen and oxygen atoms in total. The van der Waals surface area contributed by atoms with Gasteiger partial charge in [0.2, 0.25) is 0 Å². The average Bonchev–Trinajstić information content (AvgIpc) is 3.85. The Morgan fingerprint density at radius 3 is 1.88 bits per heavy atom. The second-order valence-corrected chi connectivity index (χ2v) is 22.6. The Kier molecular flexibility index (Phi) is 7.91. The first-order chi connectivity index (χ1) is 30.3. The van der Waals surface area contributed by atoms with E-state index in [9.17, 15) is 0 Å². The van der Waals surface area contributed by atoms with E-state index in [1.165, 1.54) is 77.8 Å². The molecule has 1 aliphatic carbocycles. The molecule has 5 heterocycles. The van der Waals surface area contributed by atoms with Crippen LogP contribution in [0.4, 0.5) is 17.1 Å². The van der Waals surface area contributed by atoms with E-state index < -0.39 is 16.8 Å². The fourth-order valence-corrected chi connectivity index (χ4v) is 12.5. The Labute approximate surface area is 380 Å². The van der Waals surface area contributed by atoms with Gasteiger partial charge in [0.15, 0.2) is 5.60 Å². The number of anilines is 3. The third kappa shape index (κ3) is 5.40. The second-order valence-electron chi connectivity index (χ2n) is 22.6. The van der Waals surface area contributed by atoms with Gasteiger partial charge in [0.25, 0.3) is 6.71 Å². The fourth-order valence-electron chi connectivity index (χ4n) is 12.5. The summed E-state index contributed by atoms with van der Waals surface area (Å²) in [6.07, 6.45) is 4.00. The molecule has 6 aromatic carbocycles. The van der Waals surface area contributed by atoms with Crippen molar-refractivity contribution in [1.82, 2.24) is 0 Å². The van der Waals surface area contributed by atoms with Gasteiger partial charge in [-0.3, -0.25) is 0 Å². The lowest BCUT2D eigenvalue weighted by Crippen LogP contribution is -2.53. The zero-order chi connectivity index (χ0) is 44.5. The lowest BCUT2D eigenvalue weighted by molar-refractivity contribution is -0.110. The van der Waals surface area contributed by atoms with Crippen molar-refractivity contribution in [1.29, 1.82) is 0 Å². The van der Waals surface area contributed by atoms with Gasteiger partial charge in [-0.2, -0.15) is 0 Å². The van der Waals surface area contributed by atoms with E-state index in [1.807, 2.05) is 0 Å². The summed E-state index contributed by atoms with van der Waals surface area (Å²) >= 11 is 0. The van der Waals surface area contributed by atoms with Gasteiger partial charge in [0.1, 0.15) is 17.0 Å². The van der Waals surface area contributed by atoms with Gasteiger partial charge in [0, 0.05) is 46.6 Å². The summed E-state index contributed by atoms with van der Waals surface area (Å²) in [7, 11) is 0. The molecule has 0 radical (unpaired) electrons. The maximum atomic E-state index is 8.02. The van der Waals surface area contributed by atoms with E-state index in [0.717, 1.165) is 41.2 Å². The number of nitrogens with zero attached hydrogens (tertiary/aromatic N) is 1. The first kappa shape index (κ1) is 39.8. The Bertz CT molecular complexity index is 3020. The van der Waals surface area contributed by atoms with Crippen LogP contribution in [0.15, 0.2) is 133 Å². The number of rotatable bonds is 2. The zero-order valence-corrected chi connectivity index (χ0v) is 39.3. The summed E-state index contributed by atoms with van der Waals surface area (Å²) in [5.74, 6) is 0.904. The number of benzene rings is 6. The molecule has 6 aromatic rings. The van der Waals surface area contributed by atoms with Gasteiger partial charge in [-0.25, -0.2) is 0 Å². The molecule has 0 bridgehead atoms. The van der Waals surface area contributed by atoms with Gasteiger partial charge in [-0.05, 0) is 143 Å². The number of ether oxygens (including phenoxy) is 3. The standard InChI is InChI=1S/C59H58BNO3/c1-35-28-37-30-43(36-20-22-38(23-21-36)54(2,3)4)44-33-59(45-18-14-12-16-41(45)42-17-13-15-19-46(42)59)63-53(44)60-48-32-51-47(58(11)57(10,62-51)34-56(8,9)64-58)31-49(48)61(50(29-35)52(37)60)40-26-24-39(25-27-40)55(5,6)7/h12-32H,33-34H2,1-11H3. The summed E-state index contributed by atoms with van der Waals surface area (Å²) in [6, 6.07) is 46.0. The predicted molar refractivity (Wildman–Crippen MR) is 264 cm³/mol. The molecular formula is C59H58BNO3. The third-order valence-corrected chi connectivity index (χ3v) is 15.6. The van der Waals surface area contributed by atoms with Crippen LogP contribution in [0, 0.1) is 6.92 Å². The summed E-state index contributed by atoms with van der Waals surface area (Å²) in [5.41, 5.74) is 19.6. The molecule has 1 saturated heterocycles. The monoisotopic (exact) mass is 839 g/mol. The van der Waals surface area contributed by atoms with Crippen molar-refractivity contribution in [3.8, 4) is 16.9 Å². The summed E-state index contributed by atoms with van der Waals surface area (Å²) in [6.45, 7) is 24.6. The van der Waals surface area contributed by atoms with Crippen molar-refractivity contribution in [3.63, 3.8) is 0 Å². The number of fused-ring (bicyclic) bond motifs is 11. The van der Waals surface area contributed by atoms with E-state index in [4.69, 9.17) is 14.2 Å². The van der Waals surface area contributed by atoms with Gasteiger partial charge >= 0.3 is 0 Å². The molecule has 5 heteroatoms. The Balaban J connectivity index is 1.15. The molecular weight excluding hydrogens is 781 g/mol. The quantitative estimate of drug-likeness (QED) is 0.163. The molecule has 1 fully saturated rings. The van der Waals surface area contributed by atoms with E-state index in [-0.39, 0.29) is 23.1 Å². The van der Waals surface area contributed by atoms with Crippen molar-refractivity contribution in [3.05, 3.63) is 177 Å². The highest BCUT2D eigenvalue weighted by Gasteiger charge is 2.65. The molecule has 2 atom stereocenters. The second kappa shape index (κ2) is 12.7. The van der Waals surface area contributed by atoms with Crippen LogP contribution in [-0.4, -0.2) is 17.9 Å². The van der Waals surface area contributed by atoms with Crippen LogP contribution in [0.25, 0.3) is 22.8 Å². The Morgan fingerprint density at radius 2 is 1.25 bits per heavy atom. The molecule has 2 unspecified atom stereocenters. The van der Waals surface area contributed by atoms with Crippen LogP contribution in [-0.2, 0) is 31.5 Å². The highest BCUT2D eigenvalue weighted by Crippen LogP contribution is 2.62. The van der Waals surface area contributed by atoms with Crippen LogP contribution in [0.5, 0.6) is 5.75 Å². The minimum atomic E-state index is -0.685. The highest BCUT2D eigenvalue weighted by atomic mass is 16.6. The van der Waals surface area contributed by atoms with E-state index in [1.54, 1.807) is 0 Å². The van der Waals surface area contributed by atoms with Gasteiger partial charge in [-0.15, -0.1) is 0 Å². The average molecular weight is 840 g/mol. The summed E-state index contributed by atoms with van der Waals surface area (Å²) in [4.78, 5) is 2.52. The summed E-state index contributed by atoms with van der Waals surface area (Å²) < 4.78 is 22.3. The van der Waals surface area contributed by atoms with Crippen LogP contribution in [0.2, 0.25) is 0 Å². The van der Waals surface area contributed by atoms with Crippen LogP contribution < -0.4 is 20.6 Å². The van der Waals surface area contributed by atoms with Crippen molar-refractivity contribution in [2.24, 2.45) is 0 Å². The van der Waals surface area contributed by atoms with Crippen molar-refractivity contribution < 1.29 is 14.2 Å². The van der Waals surface area contributed by atoms with Crippen molar-refractivity contribution in [2.45, 2.75) is 122 Å². The Morgan fingerprint density at radius 1 is 0.641 bits per heavy atom.